The van der Waals surface area contributed by atoms with Gasteiger partial charge in [-0.05, 0) is 30.8 Å². The minimum atomic E-state index is -0.371. The number of nitrogens with zero attached hydrogens (tertiary/aromatic N) is 3. The number of hydrogen-bond donors (Lipinski definition) is 1. The average Bonchev–Trinajstić information content (AvgIpc) is 2.87. The van der Waals surface area contributed by atoms with Crippen molar-refractivity contribution in [2.24, 2.45) is 0 Å². The topological polar surface area (TPSA) is 50.2 Å². The first kappa shape index (κ1) is 14.2. The molecule has 0 spiro atoms. The van der Waals surface area contributed by atoms with Crippen molar-refractivity contribution in [2.45, 2.75) is 6.54 Å². The van der Waals surface area contributed by atoms with Crippen molar-refractivity contribution in [2.75, 3.05) is 21.1 Å². The SMILES string of the molecule is CNCc1ccc(-n2ccc(C(=O)N(C)C)n2)c(F)c1. The van der Waals surface area contributed by atoms with Gasteiger partial charge in [0.05, 0.1) is 0 Å². The van der Waals surface area contributed by atoms with Gasteiger partial charge >= 0.3 is 0 Å². The van der Waals surface area contributed by atoms with E-state index in [9.17, 15) is 9.18 Å². The van der Waals surface area contributed by atoms with Gasteiger partial charge in [0.2, 0.25) is 0 Å². The quantitative estimate of drug-likeness (QED) is 0.919. The zero-order valence-corrected chi connectivity index (χ0v) is 11.7. The molecule has 0 fully saturated rings. The van der Waals surface area contributed by atoms with Crippen LogP contribution >= 0.6 is 0 Å². The predicted molar refractivity (Wildman–Crippen MR) is 74.3 cm³/mol. The van der Waals surface area contributed by atoms with Crippen LogP contribution in [0.1, 0.15) is 16.1 Å². The summed E-state index contributed by atoms with van der Waals surface area (Å²) in [4.78, 5) is 13.2. The zero-order valence-electron chi connectivity index (χ0n) is 11.7. The normalized spacial score (nSPS) is 10.6. The summed E-state index contributed by atoms with van der Waals surface area (Å²) in [5.74, 6) is -0.583. The summed E-state index contributed by atoms with van der Waals surface area (Å²) in [6.45, 7) is 0.598. The third-order valence-corrected chi connectivity index (χ3v) is 2.85. The number of nitrogens with one attached hydrogen (secondary N) is 1. The van der Waals surface area contributed by atoms with Gasteiger partial charge in [-0.2, -0.15) is 5.10 Å². The maximum Gasteiger partial charge on any atom is 0.273 e. The molecule has 0 saturated heterocycles. The minimum absolute atomic E-state index is 0.212. The fraction of sp³-hybridized carbons (Fsp3) is 0.286. The first-order valence-corrected chi connectivity index (χ1v) is 6.23. The maximum atomic E-state index is 14.0. The van der Waals surface area contributed by atoms with Crippen LogP contribution in [-0.2, 0) is 6.54 Å². The molecular formula is C14H17FN4O. The van der Waals surface area contributed by atoms with Crippen LogP contribution in [0.3, 0.4) is 0 Å². The highest BCUT2D eigenvalue weighted by Gasteiger charge is 2.13. The number of rotatable bonds is 4. The van der Waals surface area contributed by atoms with Crippen molar-refractivity contribution in [3.8, 4) is 5.69 Å². The van der Waals surface area contributed by atoms with Gasteiger partial charge in [0.15, 0.2) is 5.69 Å². The molecule has 1 heterocycles. The smallest absolute Gasteiger partial charge is 0.273 e. The molecule has 1 amide bonds. The first-order valence-electron chi connectivity index (χ1n) is 6.23. The Hall–Kier alpha value is -2.21. The van der Waals surface area contributed by atoms with Gasteiger partial charge in [0.25, 0.3) is 5.91 Å². The van der Waals surface area contributed by atoms with Gasteiger partial charge in [-0.3, -0.25) is 4.79 Å². The van der Waals surface area contributed by atoms with Crippen LogP contribution in [0.4, 0.5) is 4.39 Å². The number of aromatic nitrogens is 2. The molecule has 1 aromatic heterocycles. The number of hydrogen-bond acceptors (Lipinski definition) is 3. The molecule has 6 heteroatoms. The van der Waals surface area contributed by atoms with E-state index in [4.69, 9.17) is 0 Å². The summed E-state index contributed by atoms with van der Waals surface area (Å²) in [5.41, 5.74) is 1.46. The lowest BCUT2D eigenvalue weighted by atomic mass is 10.2. The Morgan fingerprint density at radius 1 is 1.40 bits per heavy atom. The summed E-state index contributed by atoms with van der Waals surface area (Å²) in [7, 11) is 5.10. The van der Waals surface area contributed by atoms with Crippen LogP contribution in [0.15, 0.2) is 30.5 Å². The number of halogens is 1. The van der Waals surface area contributed by atoms with Crippen molar-refractivity contribution >= 4 is 5.91 Å². The molecule has 106 valence electrons. The van der Waals surface area contributed by atoms with Crippen molar-refractivity contribution in [1.82, 2.24) is 20.0 Å². The molecule has 0 aliphatic rings. The molecule has 0 aliphatic heterocycles. The molecule has 0 saturated carbocycles. The Morgan fingerprint density at radius 2 is 2.15 bits per heavy atom. The van der Waals surface area contributed by atoms with E-state index in [1.54, 1.807) is 39.5 Å². The third kappa shape index (κ3) is 2.85. The molecule has 0 atom stereocenters. The summed E-state index contributed by atoms with van der Waals surface area (Å²) >= 11 is 0. The lowest BCUT2D eigenvalue weighted by Crippen LogP contribution is -2.22. The maximum absolute atomic E-state index is 14.0. The lowest BCUT2D eigenvalue weighted by Gasteiger charge is -2.08. The molecule has 0 aliphatic carbocycles. The number of carbonyl (C=O) groups excluding carboxylic acids is 1. The molecule has 2 aromatic rings. The summed E-state index contributed by atoms with van der Waals surface area (Å²) < 4.78 is 15.4. The van der Waals surface area contributed by atoms with Gasteiger partial charge in [0, 0.05) is 26.8 Å². The van der Waals surface area contributed by atoms with E-state index in [0.717, 1.165) is 5.56 Å². The van der Waals surface area contributed by atoms with E-state index >= 15 is 0 Å². The lowest BCUT2D eigenvalue weighted by molar-refractivity contribution is 0.0821. The molecule has 0 unspecified atom stereocenters. The second kappa shape index (κ2) is 5.83. The Labute approximate surface area is 117 Å². The van der Waals surface area contributed by atoms with Gasteiger partial charge in [-0.1, -0.05) is 6.07 Å². The van der Waals surface area contributed by atoms with Crippen LogP contribution in [0.25, 0.3) is 5.69 Å². The summed E-state index contributed by atoms with van der Waals surface area (Å²) in [6, 6.07) is 6.51. The number of benzene rings is 1. The van der Waals surface area contributed by atoms with Crippen LogP contribution in [-0.4, -0.2) is 41.7 Å². The van der Waals surface area contributed by atoms with Gasteiger partial charge in [-0.25, -0.2) is 9.07 Å². The molecule has 1 N–H and O–H groups in total. The highest BCUT2D eigenvalue weighted by atomic mass is 19.1. The molecule has 2 rings (SSSR count). The molecule has 5 nitrogen and oxygen atoms in total. The fourth-order valence-corrected chi connectivity index (χ4v) is 1.85. The monoisotopic (exact) mass is 276 g/mol. The van der Waals surface area contributed by atoms with Gasteiger partial charge in [-0.15, -0.1) is 0 Å². The third-order valence-electron chi connectivity index (χ3n) is 2.85. The Bertz CT molecular complexity index is 621. The second-order valence-corrected chi connectivity index (χ2v) is 4.66. The molecule has 0 bridgehead atoms. The van der Waals surface area contributed by atoms with Crippen LogP contribution in [0.5, 0.6) is 0 Å². The summed E-state index contributed by atoms with van der Waals surface area (Å²) in [5, 5.41) is 7.07. The van der Waals surface area contributed by atoms with E-state index in [2.05, 4.69) is 10.4 Å². The largest absolute Gasteiger partial charge is 0.343 e. The molecule has 0 radical (unpaired) electrons. The van der Waals surface area contributed by atoms with E-state index < -0.39 is 0 Å². The minimum Gasteiger partial charge on any atom is -0.343 e. The van der Waals surface area contributed by atoms with E-state index in [-0.39, 0.29) is 17.4 Å². The standard InChI is InChI=1S/C14H17FN4O/c1-16-9-10-4-5-13(11(15)8-10)19-7-6-12(17-19)14(20)18(2)3/h4-8,16H,9H2,1-3H3. The van der Waals surface area contributed by atoms with Crippen LogP contribution < -0.4 is 5.32 Å². The van der Waals surface area contributed by atoms with Crippen LogP contribution in [0, 0.1) is 5.82 Å². The van der Waals surface area contributed by atoms with Gasteiger partial charge < -0.3 is 10.2 Å². The van der Waals surface area contributed by atoms with E-state index in [0.29, 0.717) is 12.2 Å². The van der Waals surface area contributed by atoms with Crippen molar-refractivity contribution < 1.29 is 9.18 Å². The van der Waals surface area contributed by atoms with Crippen molar-refractivity contribution in [1.29, 1.82) is 0 Å². The summed E-state index contributed by atoms with van der Waals surface area (Å²) in [6.07, 6.45) is 1.58. The van der Waals surface area contributed by atoms with Crippen LogP contribution in [0.2, 0.25) is 0 Å². The number of carbonyl (C=O) groups is 1. The molecule has 1 aromatic carbocycles. The predicted octanol–water partition coefficient (Wildman–Crippen LogP) is 1.43. The first-order chi connectivity index (χ1) is 9.52. The molecule has 20 heavy (non-hydrogen) atoms. The van der Waals surface area contributed by atoms with Gasteiger partial charge in [0.1, 0.15) is 11.5 Å². The average molecular weight is 276 g/mol. The Morgan fingerprint density at radius 3 is 2.75 bits per heavy atom. The van der Waals surface area contributed by atoms with Crippen molar-refractivity contribution in [3.05, 3.63) is 47.5 Å². The van der Waals surface area contributed by atoms with E-state index in [1.165, 1.54) is 15.6 Å². The highest BCUT2D eigenvalue weighted by Crippen LogP contribution is 2.15. The van der Waals surface area contributed by atoms with E-state index in [1.807, 2.05) is 6.07 Å². The second-order valence-electron chi connectivity index (χ2n) is 4.66. The van der Waals surface area contributed by atoms with Crippen molar-refractivity contribution in [3.63, 3.8) is 0 Å². The zero-order chi connectivity index (χ0) is 14.7. The fourth-order valence-electron chi connectivity index (χ4n) is 1.85. The number of amides is 1. The Kier molecular flexibility index (Phi) is 4.14. The Balaban J connectivity index is 2.30. The highest BCUT2D eigenvalue weighted by molar-refractivity contribution is 5.91. The molecular weight excluding hydrogens is 259 g/mol.